The Kier molecular flexibility index (Phi) is 3.15. The van der Waals surface area contributed by atoms with Gasteiger partial charge in [-0.25, -0.2) is 8.78 Å². The second-order valence-corrected chi connectivity index (χ2v) is 2.93. The van der Waals surface area contributed by atoms with E-state index in [1.807, 2.05) is 0 Å². The van der Waals surface area contributed by atoms with Crippen molar-refractivity contribution >= 4 is 22.2 Å². The predicted octanol–water partition coefficient (Wildman–Crippen LogP) is 2.28. The highest BCUT2D eigenvalue weighted by molar-refractivity contribution is 9.10. The molecule has 0 atom stereocenters. The predicted molar refractivity (Wildman–Crippen MR) is 47.0 cm³/mol. The van der Waals surface area contributed by atoms with Crippen molar-refractivity contribution in [1.82, 2.24) is 0 Å². The smallest absolute Gasteiger partial charge is 0.193 e. The molecule has 13 heavy (non-hydrogen) atoms. The molecular weight excluding hydrogens is 242 g/mol. The molecule has 0 radical (unpaired) electrons. The van der Waals surface area contributed by atoms with E-state index in [-0.39, 0.29) is 10.0 Å². The van der Waals surface area contributed by atoms with Gasteiger partial charge in [0.15, 0.2) is 6.29 Å². The molecule has 1 nitrogen and oxygen atoms in total. The van der Waals surface area contributed by atoms with E-state index in [1.165, 1.54) is 0 Å². The molecule has 0 spiro atoms. The van der Waals surface area contributed by atoms with E-state index in [9.17, 15) is 13.6 Å². The van der Waals surface area contributed by atoms with Gasteiger partial charge in [0.05, 0.1) is 4.47 Å². The lowest BCUT2D eigenvalue weighted by Crippen LogP contribution is -1.86. The van der Waals surface area contributed by atoms with Crippen molar-refractivity contribution in [2.45, 2.75) is 0 Å². The van der Waals surface area contributed by atoms with Crippen LogP contribution in [0.25, 0.3) is 0 Å². The fourth-order valence-electron chi connectivity index (χ4n) is 0.740. The Morgan fingerprint density at radius 1 is 1.31 bits per heavy atom. The van der Waals surface area contributed by atoms with Crippen LogP contribution in [0.15, 0.2) is 16.6 Å². The van der Waals surface area contributed by atoms with Crippen molar-refractivity contribution in [2.24, 2.45) is 0 Å². The summed E-state index contributed by atoms with van der Waals surface area (Å²) < 4.78 is 25.4. The highest BCUT2D eigenvalue weighted by atomic mass is 79.9. The molecular formula is C9H3BrF2O. The summed E-state index contributed by atoms with van der Waals surface area (Å²) in [5.41, 5.74) is 0.130. The van der Waals surface area contributed by atoms with Crippen LogP contribution in [0.5, 0.6) is 0 Å². The topological polar surface area (TPSA) is 17.1 Å². The third kappa shape index (κ3) is 2.36. The Morgan fingerprint density at radius 3 is 2.31 bits per heavy atom. The van der Waals surface area contributed by atoms with Gasteiger partial charge in [-0.1, -0.05) is 5.92 Å². The van der Waals surface area contributed by atoms with Crippen LogP contribution in [-0.2, 0) is 4.79 Å². The lowest BCUT2D eigenvalue weighted by atomic mass is 10.2. The van der Waals surface area contributed by atoms with Crippen LogP contribution in [0.2, 0.25) is 0 Å². The standard InChI is InChI=1S/C9H3BrF2O/c10-9-7(11)4-6(2-1-3-13)5-8(9)12/h3-5H. The van der Waals surface area contributed by atoms with Crippen LogP contribution < -0.4 is 0 Å². The van der Waals surface area contributed by atoms with Crippen LogP contribution in [0.1, 0.15) is 5.56 Å². The lowest BCUT2D eigenvalue weighted by molar-refractivity contribution is -0.103. The Bertz CT molecular complexity index is 381. The zero-order valence-corrected chi connectivity index (χ0v) is 7.86. The first-order valence-corrected chi connectivity index (χ1v) is 4.04. The van der Waals surface area contributed by atoms with Gasteiger partial charge in [-0.15, -0.1) is 0 Å². The van der Waals surface area contributed by atoms with Crippen molar-refractivity contribution in [3.63, 3.8) is 0 Å². The summed E-state index contributed by atoms with van der Waals surface area (Å²) in [4.78, 5) is 9.84. The number of aldehydes is 1. The molecule has 0 bridgehead atoms. The minimum atomic E-state index is -0.741. The van der Waals surface area contributed by atoms with E-state index in [1.54, 1.807) is 0 Å². The minimum Gasteiger partial charge on any atom is -0.289 e. The average Bonchev–Trinajstić information content (AvgIpc) is 2.10. The Balaban J connectivity index is 3.20. The number of hydrogen-bond donors (Lipinski definition) is 0. The summed E-state index contributed by atoms with van der Waals surface area (Å²) in [7, 11) is 0. The van der Waals surface area contributed by atoms with Gasteiger partial charge in [0, 0.05) is 5.56 Å². The van der Waals surface area contributed by atoms with Gasteiger partial charge in [0.2, 0.25) is 0 Å². The first-order valence-electron chi connectivity index (χ1n) is 3.25. The van der Waals surface area contributed by atoms with Crippen LogP contribution in [0.4, 0.5) is 8.78 Å². The van der Waals surface area contributed by atoms with Gasteiger partial charge < -0.3 is 0 Å². The number of carbonyl (C=O) groups excluding carboxylic acids is 1. The van der Waals surface area contributed by atoms with Crippen LogP contribution in [0, 0.1) is 23.5 Å². The number of carbonyl (C=O) groups is 1. The normalized spacial score (nSPS) is 8.85. The van der Waals surface area contributed by atoms with Crippen LogP contribution in [-0.4, -0.2) is 6.29 Å². The molecule has 0 amide bonds. The van der Waals surface area contributed by atoms with E-state index < -0.39 is 11.6 Å². The molecule has 0 aromatic heterocycles. The van der Waals surface area contributed by atoms with E-state index in [0.29, 0.717) is 6.29 Å². The second kappa shape index (κ2) is 4.15. The summed E-state index contributed by atoms with van der Waals surface area (Å²) >= 11 is 2.71. The van der Waals surface area contributed by atoms with Crippen LogP contribution in [0.3, 0.4) is 0 Å². The highest BCUT2D eigenvalue weighted by Gasteiger charge is 2.06. The fourth-order valence-corrected chi connectivity index (χ4v) is 0.969. The van der Waals surface area contributed by atoms with E-state index in [0.717, 1.165) is 12.1 Å². The van der Waals surface area contributed by atoms with E-state index in [2.05, 4.69) is 27.8 Å². The molecule has 4 heteroatoms. The third-order valence-electron chi connectivity index (χ3n) is 1.26. The van der Waals surface area contributed by atoms with Crippen molar-refractivity contribution in [1.29, 1.82) is 0 Å². The second-order valence-electron chi connectivity index (χ2n) is 2.14. The van der Waals surface area contributed by atoms with Gasteiger partial charge in [-0.05, 0) is 34.0 Å². The lowest BCUT2D eigenvalue weighted by Gasteiger charge is -1.96. The molecule has 0 saturated carbocycles. The maximum absolute atomic E-state index is 12.8. The van der Waals surface area contributed by atoms with Gasteiger partial charge in [-0.3, -0.25) is 4.79 Å². The summed E-state index contributed by atoms with van der Waals surface area (Å²) in [5.74, 6) is 2.86. The summed E-state index contributed by atoms with van der Waals surface area (Å²) in [5, 5.41) is 0. The molecule has 0 heterocycles. The highest BCUT2D eigenvalue weighted by Crippen LogP contribution is 2.20. The zero-order chi connectivity index (χ0) is 9.84. The Labute approximate surface area is 81.9 Å². The summed E-state index contributed by atoms with van der Waals surface area (Å²) in [6, 6.07) is 2.09. The quantitative estimate of drug-likeness (QED) is 0.389. The molecule has 0 saturated heterocycles. The average molecular weight is 245 g/mol. The van der Waals surface area contributed by atoms with Crippen molar-refractivity contribution < 1.29 is 13.6 Å². The molecule has 66 valence electrons. The van der Waals surface area contributed by atoms with Gasteiger partial charge in [0.25, 0.3) is 0 Å². The summed E-state index contributed by atoms with van der Waals surface area (Å²) in [6.07, 6.45) is 0.359. The maximum atomic E-state index is 12.8. The first-order chi connectivity index (χ1) is 6.15. The zero-order valence-electron chi connectivity index (χ0n) is 6.27. The molecule has 0 N–H and O–H groups in total. The van der Waals surface area contributed by atoms with Gasteiger partial charge in [-0.2, -0.15) is 0 Å². The minimum absolute atomic E-state index is 0.130. The Morgan fingerprint density at radius 2 is 1.85 bits per heavy atom. The van der Waals surface area contributed by atoms with E-state index in [4.69, 9.17) is 0 Å². The number of hydrogen-bond acceptors (Lipinski definition) is 1. The molecule has 0 aliphatic carbocycles. The molecule has 1 rings (SSSR count). The molecule has 0 fully saturated rings. The van der Waals surface area contributed by atoms with Gasteiger partial charge in [0.1, 0.15) is 11.6 Å². The molecule has 0 aliphatic rings. The molecule has 1 aromatic carbocycles. The number of benzene rings is 1. The monoisotopic (exact) mass is 244 g/mol. The SMILES string of the molecule is O=CC#Cc1cc(F)c(Br)c(F)c1. The summed E-state index contributed by atoms with van der Waals surface area (Å²) in [6.45, 7) is 0. The third-order valence-corrected chi connectivity index (χ3v) is 2.02. The van der Waals surface area contributed by atoms with Crippen molar-refractivity contribution in [3.05, 3.63) is 33.8 Å². The maximum Gasteiger partial charge on any atom is 0.193 e. The van der Waals surface area contributed by atoms with Gasteiger partial charge >= 0.3 is 0 Å². The number of halogens is 3. The largest absolute Gasteiger partial charge is 0.289 e. The number of rotatable bonds is 0. The Hall–Kier alpha value is -1.21. The molecule has 0 unspecified atom stereocenters. The van der Waals surface area contributed by atoms with Crippen molar-refractivity contribution in [2.75, 3.05) is 0 Å². The van der Waals surface area contributed by atoms with Crippen LogP contribution >= 0.6 is 15.9 Å². The fraction of sp³-hybridized carbons (Fsp3) is 0. The first kappa shape index (κ1) is 9.87. The van der Waals surface area contributed by atoms with E-state index >= 15 is 0 Å². The van der Waals surface area contributed by atoms with Crippen molar-refractivity contribution in [3.8, 4) is 11.8 Å². The molecule has 0 aliphatic heterocycles. The molecule has 1 aromatic rings.